The number of rotatable bonds is 5. The van der Waals surface area contributed by atoms with Crippen LogP contribution in [0.4, 0.5) is 5.69 Å². The van der Waals surface area contributed by atoms with Crippen LogP contribution in [0.3, 0.4) is 0 Å². The van der Waals surface area contributed by atoms with Crippen molar-refractivity contribution >= 4 is 29.3 Å². The molecule has 0 aliphatic carbocycles. The highest BCUT2D eigenvalue weighted by Gasteiger charge is 2.30. The number of hydrogen-bond acceptors (Lipinski definition) is 4. The molecular weight excluding hydrogens is 370 g/mol. The summed E-state index contributed by atoms with van der Waals surface area (Å²) in [5.74, 6) is -0.568. The maximum absolute atomic E-state index is 12.7. The van der Waals surface area contributed by atoms with E-state index in [0.29, 0.717) is 0 Å². The van der Waals surface area contributed by atoms with Gasteiger partial charge in [0.25, 0.3) is 0 Å². The number of nitrogens with one attached hydrogen (secondary N) is 1. The van der Waals surface area contributed by atoms with Crippen LogP contribution in [0, 0.1) is 0 Å². The van der Waals surface area contributed by atoms with Crippen molar-refractivity contribution in [3.05, 3.63) is 96.1 Å². The molecule has 0 saturated heterocycles. The number of esters is 1. The number of fused-ring (bicyclic) bond motifs is 1. The second-order valence-electron chi connectivity index (χ2n) is 6.49. The van der Waals surface area contributed by atoms with Gasteiger partial charge in [0.15, 0.2) is 6.10 Å². The van der Waals surface area contributed by atoms with E-state index < -0.39 is 17.3 Å². The fourth-order valence-electron chi connectivity index (χ4n) is 3.14. The monoisotopic (exact) mass is 389 g/mol. The number of para-hydroxylation sites is 1. The number of hydrogen-bond donors (Lipinski definition) is 1. The molecule has 28 heavy (non-hydrogen) atoms. The Hall–Kier alpha value is -3.05. The third-order valence-electron chi connectivity index (χ3n) is 4.51. The molecule has 4 nitrogen and oxygen atoms in total. The van der Waals surface area contributed by atoms with Gasteiger partial charge < -0.3 is 10.1 Å². The zero-order valence-electron chi connectivity index (χ0n) is 15.1. The van der Waals surface area contributed by atoms with Crippen molar-refractivity contribution < 1.29 is 14.3 Å². The topological polar surface area (TPSA) is 55.4 Å². The van der Waals surface area contributed by atoms with Gasteiger partial charge in [-0.1, -0.05) is 72.8 Å². The van der Waals surface area contributed by atoms with E-state index in [0.717, 1.165) is 21.7 Å². The van der Waals surface area contributed by atoms with Gasteiger partial charge in [0.1, 0.15) is 0 Å². The highest BCUT2D eigenvalue weighted by molar-refractivity contribution is 8.01. The summed E-state index contributed by atoms with van der Waals surface area (Å²) in [6.07, 6.45) is -0.486. The molecule has 4 rings (SSSR count). The number of thioether (sulfide) groups is 1. The summed E-state index contributed by atoms with van der Waals surface area (Å²) < 4.78 is 5.83. The van der Waals surface area contributed by atoms with Crippen molar-refractivity contribution in [1.29, 1.82) is 0 Å². The molecule has 1 N–H and O–H groups in total. The first-order chi connectivity index (χ1) is 13.7. The molecular formula is C23H19NO3S. The zero-order valence-corrected chi connectivity index (χ0v) is 15.9. The van der Waals surface area contributed by atoms with E-state index in [2.05, 4.69) is 5.32 Å². The Labute approximate surface area is 167 Å². The minimum atomic E-state index is -0.505. The molecule has 140 valence electrons. The Morgan fingerprint density at radius 2 is 1.46 bits per heavy atom. The molecule has 0 aromatic heterocycles. The molecule has 0 saturated carbocycles. The number of carbonyl (C=O) groups excluding carboxylic acids is 2. The Morgan fingerprint density at radius 3 is 2.11 bits per heavy atom. The van der Waals surface area contributed by atoms with Crippen LogP contribution in [0.15, 0.2) is 89.8 Å². The lowest BCUT2D eigenvalue weighted by Gasteiger charge is -2.24. The molecule has 1 amide bonds. The Kier molecular flexibility index (Phi) is 5.44. The van der Waals surface area contributed by atoms with Gasteiger partial charge in [-0.15, -0.1) is 11.8 Å². The summed E-state index contributed by atoms with van der Waals surface area (Å²) in [6.45, 7) is 0. The number of anilines is 1. The van der Waals surface area contributed by atoms with E-state index in [1.165, 1.54) is 11.8 Å². The van der Waals surface area contributed by atoms with Crippen LogP contribution >= 0.6 is 11.8 Å². The van der Waals surface area contributed by atoms with Gasteiger partial charge in [-0.05, 0) is 23.3 Å². The average molecular weight is 389 g/mol. The SMILES string of the molecule is O=C(C[C@@H]1Sc2ccccc2NC1=O)OC(c1ccccc1)c1ccccc1. The third-order valence-corrected chi connectivity index (χ3v) is 5.79. The van der Waals surface area contributed by atoms with Gasteiger partial charge in [0.05, 0.1) is 17.4 Å². The van der Waals surface area contributed by atoms with Gasteiger partial charge in [0, 0.05) is 4.90 Å². The second-order valence-corrected chi connectivity index (χ2v) is 7.73. The number of benzene rings is 3. The molecule has 3 aromatic rings. The molecule has 0 bridgehead atoms. The lowest BCUT2D eigenvalue weighted by Crippen LogP contribution is -2.31. The van der Waals surface area contributed by atoms with Crippen LogP contribution in [-0.2, 0) is 14.3 Å². The second kappa shape index (κ2) is 8.31. The summed E-state index contributed by atoms with van der Waals surface area (Å²) in [6, 6.07) is 26.8. The van der Waals surface area contributed by atoms with Crippen LogP contribution in [-0.4, -0.2) is 17.1 Å². The van der Waals surface area contributed by atoms with Crippen molar-refractivity contribution in [1.82, 2.24) is 0 Å². The van der Waals surface area contributed by atoms with Crippen LogP contribution in [0.1, 0.15) is 23.7 Å². The molecule has 1 atom stereocenters. The largest absolute Gasteiger partial charge is 0.452 e. The molecule has 0 fully saturated rings. The highest BCUT2D eigenvalue weighted by Crippen LogP contribution is 2.37. The maximum Gasteiger partial charge on any atom is 0.308 e. The third kappa shape index (κ3) is 4.10. The molecule has 3 aromatic carbocycles. The Morgan fingerprint density at radius 1 is 0.893 bits per heavy atom. The minimum absolute atomic E-state index is 0.0149. The van der Waals surface area contributed by atoms with Crippen molar-refractivity contribution in [2.45, 2.75) is 22.7 Å². The van der Waals surface area contributed by atoms with Gasteiger partial charge in [-0.3, -0.25) is 9.59 Å². The summed E-state index contributed by atoms with van der Waals surface area (Å²) in [4.78, 5) is 26.0. The number of carbonyl (C=O) groups is 2. The van der Waals surface area contributed by atoms with E-state index in [1.54, 1.807) is 0 Å². The Bertz CT molecular complexity index is 936. The molecule has 1 heterocycles. The highest BCUT2D eigenvalue weighted by atomic mass is 32.2. The van der Waals surface area contributed by atoms with E-state index in [1.807, 2.05) is 84.9 Å². The van der Waals surface area contributed by atoms with Gasteiger partial charge in [0.2, 0.25) is 5.91 Å². The number of ether oxygens (including phenoxy) is 1. The molecule has 5 heteroatoms. The summed E-state index contributed by atoms with van der Waals surface area (Å²) in [7, 11) is 0. The van der Waals surface area contributed by atoms with Crippen LogP contribution < -0.4 is 5.32 Å². The molecule has 1 aliphatic heterocycles. The minimum Gasteiger partial charge on any atom is -0.452 e. The predicted molar refractivity (Wildman–Crippen MR) is 110 cm³/mol. The quantitative estimate of drug-likeness (QED) is 0.636. The standard InChI is InChI=1S/C23H19NO3S/c25-21(15-20-23(26)24-18-13-7-8-14-19(18)28-20)27-22(16-9-3-1-4-10-16)17-11-5-2-6-12-17/h1-14,20,22H,15H2,(H,24,26)/t20-/m0/s1. The van der Waals surface area contributed by atoms with Crippen molar-refractivity contribution in [2.24, 2.45) is 0 Å². The van der Waals surface area contributed by atoms with Gasteiger partial charge in [-0.2, -0.15) is 0 Å². The molecule has 0 radical (unpaired) electrons. The summed E-state index contributed by atoms with van der Waals surface area (Å²) in [5.41, 5.74) is 2.58. The lowest BCUT2D eigenvalue weighted by atomic mass is 10.0. The summed E-state index contributed by atoms with van der Waals surface area (Å²) in [5, 5.41) is 2.36. The molecule has 0 spiro atoms. The van der Waals surface area contributed by atoms with Crippen LogP contribution in [0.25, 0.3) is 0 Å². The molecule has 1 aliphatic rings. The van der Waals surface area contributed by atoms with E-state index in [9.17, 15) is 9.59 Å². The van der Waals surface area contributed by atoms with E-state index in [4.69, 9.17) is 4.74 Å². The lowest BCUT2D eigenvalue weighted by molar-refractivity contribution is -0.148. The van der Waals surface area contributed by atoms with Crippen LogP contribution in [0.2, 0.25) is 0 Å². The normalized spacial score (nSPS) is 15.6. The average Bonchev–Trinajstić information content (AvgIpc) is 2.74. The first kappa shape index (κ1) is 18.3. The molecule has 0 unspecified atom stereocenters. The van der Waals surface area contributed by atoms with Crippen molar-refractivity contribution in [3.8, 4) is 0 Å². The van der Waals surface area contributed by atoms with Crippen molar-refractivity contribution in [2.75, 3.05) is 5.32 Å². The van der Waals surface area contributed by atoms with E-state index >= 15 is 0 Å². The summed E-state index contributed by atoms with van der Waals surface area (Å²) >= 11 is 1.40. The first-order valence-electron chi connectivity index (χ1n) is 9.06. The fourth-order valence-corrected chi connectivity index (χ4v) is 4.24. The smallest absolute Gasteiger partial charge is 0.308 e. The predicted octanol–water partition coefficient (Wildman–Crippen LogP) is 4.82. The van der Waals surface area contributed by atoms with Gasteiger partial charge in [-0.25, -0.2) is 0 Å². The number of amides is 1. The van der Waals surface area contributed by atoms with Crippen LogP contribution in [0.5, 0.6) is 0 Å². The first-order valence-corrected chi connectivity index (χ1v) is 9.94. The maximum atomic E-state index is 12.7. The Balaban J connectivity index is 1.50. The zero-order chi connectivity index (χ0) is 19.3. The van der Waals surface area contributed by atoms with E-state index in [-0.39, 0.29) is 12.3 Å². The fraction of sp³-hybridized carbons (Fsp3) is 0.130. The van der Waals surface area contributed by atoms with Gasteiger partial charge >= 0.3 is 5.97 Å². The van der Waals surface area contributed by atoms with Crippen molar-refractivity contribution in [3.63, 3.8) is 0 Å².